The molecule has 1 atom stereocenters. The van der Waals surface area contributed by atoms with Gasteiger partial charge in [0.25, 0.3) is 0 Å². The van der Waals surface area contributed by atoms with Crippen molar-refractivity contribution in [1.29, 1.82) is 0 Å². The van der Waals surface area contributed by atoms with Gasteiger partial charge in [-0.05, 0) is 24.1 Å². The molecular weight excluding hydrogens is 456 g/mol. The largest absolute Gasteiger partial charge is 0.401 e. The van der Waals surface area contributed by atoms with Crippen molar-refractivity contribution in [2.24, 2.45) is 4.99 Å². The Hall–Kier alpha value is -0.740. The summed E-state index contributed by atoms with van der Waals surface area (Å²) in [5.74, 6) is 0.582. The molecule has 9 heteroatoms. The van der Waals surface area contributed by atoms with Crippen molar-refractivity contribution in [2.75, 3.05) is 26.7 Å². The summed E-state index contributed by atoms with van der Waals surface area (Å²) >= 11 is 5.83. The standard InChI is InChI=1S/C15H20ClF3N4.HI/c1-20-14(21-8-11-2-4-12(16)5-3-11)22-13-6-7-23(9-13)10-15(17,18)19;/h2-5,13H,6-10H2,1H3,(H2,20,21,22);1H. The van der Waals surface area contributed by atoms with Crippen LogP contribution in [0.1, 0.15) is 12.0 Å². The van der Waals surface area contributed by atoms with E-state index >= 15 is 0 Å². The lowest BCUT2D eigenvalue weighted by atomic mass is 10.2. The minimum atomic E-state index is -4.15. The number of nitrogens with one attached hydrogen (secondary N) is 2. The summed E-state index contributed by atoms with van der Waals surface area (Å²) in [7, 11) is 1.64. The van der Waals surface area contributed by atoms with Crippen LogP contribution in [0.2, 0.25) is 5.02 Å². The second kappa shape index (κ2) is 9.67. The fraction of sp³-hybridized carbons (Fsp3) is 0.533. The van der Waals surface area contributed by atoms with Crippen LogP contribution in [0.5, 0.6) is 0 Å². The number of alkyl halides is 3. The smallest absolute Gasteiger partial charge is 0.352 e. The predicted octanol–water partition coefficient (Wildman–Crippen LogP) is 3.26. The first-order valence-corrected chi connectivity index (χ1v) is 7.74. The lowest BCUT2D eigenvalue weighted by Gasteiger charge is -2.19. The zero-order valence-electron chi connectivity index (χ0n) is 13.2. The number of aliphatic imine (C=N–C) groups is 1. The molecule has 0 spiro atoms. The van der Waals surface area contributed by atoms with Crippen molar-refractivity contribution >= 4 is 41.5 Å². The minimum absolute atomic E-state index is 0. The lowest BCUT2D eigenvalue weighted by Crippen LogP contribution is -2.44. The molecule has 2 N–H and O–H groups in total. The molecule has 0 bridgehead atoms. The van der Waals surface area contributed by atoms with Crippen LogP contribution in [0, 0.1) is 0 Å². The molecule has 0 aliphatic carbocycles. The maximum atomic E-state index is 12.4. The van der Waals surface area contributed by atoms with E-state index in [0.717, 1.165) is 5.56 Å². The summed E-state index contributed by atoms with van der Waals surface area (Å²) in [5.41, 5.74) is 1.04. The van der Waals surface area contributed by atoms with Crippen LogP contribution in [0.15, 0.2) is 29.3 Å². The van der Waals surface area contributed by atoms with Crippen LogP contribution < -0.4 is 10.6 Å². The number of benzene rings is 1. The molecule has 0 aromatic heterocycles. The molecule has 1 aromatic rings. The SMILES string of the molecule is CN=C(NCc1ccc(Cl)cc1)NC1CCN(CC(F)(F)F)C1.I. The van der Waals surface area contributed by atoms with Crippen molar-refractivity contribution in [3.8, 4) is 0 Å². The molecule has 1 aliphatic rings. The van der Waals surface area contributed by atoms with Crippen LogP contribution in [0.25, 0.3) is 0 Å². The second-order valence-electron chi connectivity index (χ2n) is 5.53. The molecule has 1 unspecified atom stereocenters. The zero-order valence-corrected chi connectivity index (χ0v) is 16.3. The molecule has 1 aliphatic heterocycles. The third-order valence-electron chi connectivity index (χ3n) is 3.61. The fourth-order valence-electron chi connectivity index (χ4n) is 2.52. The maximum absolute atomic E-state index is 12.4. The number of likely N-dealkylation sites (tertiary alicyclic amines) is 1. The summed E-state index contributed by atoms with van der Waals surface area (Å²) in [4.78, 5) is 5.52. The number of halogens is 5. The molecular formula is C15H21ClF3IN4. The van der Waals surface area contributed by atoms with Gasteiger partial charge in [0.05, 0.1) is 6.54 Å². The summed E-state index contributed by atoms with van der Waals surface area (Å²) in [6, 6.07) is 7.39. The number of hydrogen-bond donors (Lipinski definition) is 2. The number of hydrogen-bond acceptors (Lipinski definition) is 2. The van der Waals surface area contributed by atoms with Gasteiger partial charge in [-0.3, -0.25) is 9.89 Å². The molecule has 136 valence electrons. The monoisotopic (exact) mass is 476 g/mol. The van der Waals surface area contributed by atoms with Crippen LogP contribution >= 0.6 is 35.6 Å². The van der Waals surface area contributed by atoms with Crippen LogP contribution in [0.3, 0.4) is 0 Å². The molecule has 1 saturated heterocycles. The van der Waals surface area contributed by atoms with Crippen LogP contribution in [-0.2, 0) is 6.54 Å². The van der Waals surface area contributed by atoms with Gasteiger partial charge in [0.15, 0.2) is 5.96 Å². The van der Waals surface area contributed by atoms with Crippen molar-refractivity contribution in [1.82, 2.24) is 15.5 Å². The van der Waals surface area contributed by atoms with E-state index in [4.69, 9.17) is 11.6 Å². The third-order valence-corrected chi connectivity index (χ3v) is 3.86. The Labute approximate surface area is 161 Å². The third kappa shape index (κ3) is 7.43. The van der Waals surface area contributed by atoms with Crippen molar-refractivity contribution in [3.05, 3.63) is 34.9 Å². The first kappa shape index (κ1) is 21.3. The minimum Gasteiger partial charge on any atom is -0.352 e. The molecule has 1 aromatic carbocycles. The Bertz CT molecular complexity index is 537. The topological polar surface area (TPSA) is 39.7 Å². The van der Waals surface area contributed by atoms with Gasteiger partial charge in [-0.25, -0.2) is 0 Å². The number of rotatable bonds is 4. The Balaban J connectivity index is 0.00000288. The van der Waals surface area contributed by atoms with E-state index < -0.39 is 12.7 Å². The van der Waals surface area contributed by atoms with Crippen molar-refractivity contribution < 1.29 is 13.2 Å². The van der Waals surface area contributed by atoms with Gasteiger partial charge in [-0.1, -0.05) is 23.7 Å². The molecule has 2 rings (SSSR count). The van der Waals surface area contributed by atoms with E-state index in [2.05, 4.69) is 15.6 Å². The number of guanidine groups is 1. The zero-order chi connectivity index (χ0) is 16.9. The average molecular weight is 477 g/mol. The Morgan fingerprint density at radius 3 is 2.58 bits per heavy atom. The van der Waals surface area contributed by atoms with E-state index in [1.165, 1.54) is 4.90 Å². The Morgan fingerprint density at radius 1 is 1.33 bits per heavy atom. The summed E-state index contributed by atoms with van der Waals surface area (Å²) < 4.78 is 37.2. The van der Waals surface area contributed by atoms with E-state index in [9.17, 15) is 13.2 Å². The van der Waals surface area contributed by atoms with Gasteiger partial charge in [0.1, 0.15) is 0 Å². The molecule has 0 amide bonds. The van der Waals surface area contributed by atoms with Crippen LogP contribution in [0.4, 0.5) is 13.2 Å². The molecule has 0 saturated carbocycles. The second-order valence-corrected chi connectivity index (χ2v) is 5.97. The van der Waals surface area contributed by atoms with Gasteiger partial charge < -0.3 is 10.6 Å². The molecule has 1 fully saturated rings. The van der Waals surface area contributed by atoms with Gasteiger partial charge in [-0.15, -0.1) is 24.0 Å². The van der Waals surface area contributed by atoms with Gasteiger partial charge in [-0.2, -0.15) is 13.2 Å². The van der Waals surface area contributed by atoms with Gasteiger partial charge >= 0.3 is 6.18 Å². The van der Waals surface area contributed by atoms with Gasteiger partial charge in [0.2, 0.25) is 0 Å². The van der Waals surface area contributed by atoms with E-state index in [1.54, 1.807) is 19.2 Å². The van der Waals surface area contributed by atoms with Crippen LogP contribution in [-0.4, -0.2) is 49.8 Å². The highest BCUT2D eigenvalue weighted by Crippen LogP contribution is 2.19. The quantitative estimate of drug-likeness (QED) is 0.398. The summed E-state index contributed by atoms with van der Waals surface area (Å²) in [6.45, 7) is 0.504. The lowest BCUT2D eigenvalue weighted by molar-refractivity contribution is -0.143. The predicted molar refractivity (Wildman–Crippen MR) is 101 cm³/mol. The highest BCUT2D eigenvalue weighted by Gasteiger charge is 2.34. The Morgan fingerprint density at radius 2 is 2.00 bits per heavy atom. The normalized spacial score (nSPS) is 19.0. The van der Waals surface area contributed by atoms with E-state index in [1.807, 2.05) is 12.1 Å². The highest BCUT2D eigenvalue weighted by molar-refractivity contribution is 14.0. The highest BCUT2D eigenvalue weighted by atomic mass is 127. The molecule has 4 nitrogen and oxygen atoms in total. The molecule has 1 heterocycles. The number of nitrogens with zero attached hydrogens (tertiary/aromatic N) is 2. The summed E-state index contributed by atoms with van der Waals surface area (Å²) in [5, 5.41) is 6.99. The van der Waals surface area contributed by atoms with Gasteiger partial charge in [0, 0.05) is 37.7 Å². The first-order chi connectivity index (χ1) is 10.9. The Kier molecular flexibility index (Phi) is 8.58. The van der Waals surface area contributed by atoms with Crippen molar-refractivity contribution in [2.45, 2.75) is 25.2 Å². The van der Waals surface area contributed by atoms with E-state index in [0.29, 0.717) is 37.0 Å². The van der Waals surface area contributed by atoms with E-state index in [-0.39, 0.29) is 30.0 Å². The maximum Gasteiger partial charge on any atom is 0.401 e. The van der Waals surface area contributed by atoms with Crippen molar-refractivity contribution in [3.63, 3.8) is 0 Å². The fourth-order valence-corrected chi connectivity index (χ4v) is 2.65. The molecule has 0 radical (unpaired) electrons. The first-order valence-electron chi connectivity index (χ1n) is 7.36. The summed E-state index contributed by atoms with van der Waals surface area (Å²) in [6.07, 6.45) is -3.48. The average Bonchev–Trinajstić information content (AvgIpc) is 2.90. The molecule has 24 heavy (non-hydrogen) atoms.